The monoisotopic (exact) mass is 315 g/mol. The van der Waals surface area contributed by atoms with Gasteiger partial charge in [0.25, 0.3) is 0 Å². The van der Waals surface area contributed by atoms with E-state index in [-0.39, 0.29) is 6.17 Å². The number of quaternary nitrogens is 1. The van der Waals surface area contributed by atoms with Crippen molar-refractivity contribution in [3.05, 3.63) is 71.8 Å². The largest absolute Gasteiger partial charge is 0.307 e. The molecule has 0 amide bonds. The first-order valence-corrected chi connectivity index (χ1v) is 8.34. The van der Waals surface area contributed by atoms with E-state index in [1.807, 2.05) is 0 Å². The Morgan fingerprint density at radius 1 is 0.952 bits per heavy atom. The van der Waals surface area contributed by atoms with Crippen molar-refractivity contribution in [1.82, 2.24) is 4.90 Å². The fraction of sp³-hybridized carbons (Fsp3) is 0.235. The summed E-state index contributed by atoms with van der Waals surface area (Å²) in [6, 6.07) is 21.3. The van der Waals surface area contributed by atoms with Crippen molar-refractivity contribution >= 4 is 28.3 Å². The molecule has 0 aliphatic carbocycles. The Balaban J connectivity index is 1.98. The number of thioether (sulfide) groups is 1. The molecule has 1 N–H and O–H groups in total. The molecule has 1 saturated heterocycles. The lowest BCUT2D eigenvalue weighted by molar-refractivity contribution is -0.939. The van der Waals surface area contributed by atoms with Crippen LogP contribution in [-0.2, 0) is 0 Å². The summed E-state index contributed by atoms with van der Waals surface area (Å²) in [4.78, 5) is 3.65. The van der Waals surface area contributed by atoms with Gasteiger partial charge in [0, 0.05) is 18.2 Å². The maximum atomic E-state index is 5.61. The van der Waals surface area contributed by atoms with Crippen molar-refractivity contribution in [2.45, 2.75) is 11.5 Å². The number of nitrogens with one attached hydrogen (secondary N) is 1. The van der Waals surface area contributed by atoms with Gasteiger partial charge in [-0.3, -0.25) is 4.90 Å². The summed E-state index contributed by atoms with van der Waals surface area (Å²) >= 11 is 7.39. The molecule has 4 heteroatoms. The Labute approximate surface area is 135 Å². The zero-order chi connectivity index (χ0) is 14.8. The second-order valence-corrected chi connectivity index (χ2v) is 7.08. The third kappa shape index (κ3) is 2.84. The zero-order valence-corrected chi connectivity index (χ0v) is 13.8. The van der Waals surface area contributed by atoms with Crippen LogP contribution in [0.15, 0.2) is 60.7 Å². The standard InChI is InChI=1S/C17H18N2S2/c1-18-15(13-9-5-3-6-10-13)19(2)17(20)21-16(18)14-11-7-4-8-12-14/h3-12,15-16H,1-2H3/p+1/t15-,16+/m0/s1. The molecule has 108 valence electrons. The topological polar surface area (TPSA) is 7.68 Å². The van der Waals surface area contributed by atoms with Gasteiger partial charge in [-0.15, -0.1) is 0 Å². The average Bonchev–Trinajstić information content (AvgIpc) is 2.53. The number of hydrogen-bond acceptors (Lipinski definition) is 2. The van der Waals surface area contributed by atoms with Gasteiger partial charge in [0.1, 0.15) is 4.32 Å². The van der Waals surface area contributed by atoms with E-state index < -0.39 is 0 Å². The summed E-state index contributed by atoms with van der Waals surface area (Å²) in [5, 5.41) is 0.333. The predicted octanol–water partition coefficient (Wildman–Crippen LogP) is 2.86. The van der Waals surface area contributed by atoms with Crippen molar-refractivity contribution in [2.75, 3.05) is 14.1 Å². The van der Waals surface area contributed by atoms with E-state index in [9.17, 15) is 0 Å². The first-order chi connectivity index (χ1) is 10.2. The second-order valence-electron chi connectivity index (χ2n) is 5.34. The van der Waals surface area contributed by atoms with Crippen LogP contribution in [0.4, 0.5) is 0 Å². The van der Waals surface area contributed by atoms with Crippen molar-refractivity contribution in [2.24, 2.45) is 0 Å². The minimum absolute atomic E-state index is 0.255. The van der Waals surface area contributed by atoms with Crippen LogP contribution in [0, 0.1) is 0 Å². The van der Waals surface area contributed by atoms with Crippen LogP contribution < -0.4 is 4.90 Å². The van der Waals surface area contributed by atoms with Crippen LogP contribution in [0.5, 0.6) is 0 Å². The minimum atomic E-state index is 0.255. The molecule has 1 heterocycles. The molecular weight excluding hydrogens is 296 g/mol. The average molecular weight is 315 g/mol. The molecular formula is C17H19N2S2+. The first-order valence-electron chi connectivity index (χ1n) is 7.05. The molecule has 1 fully saturated rings. The maximum Gasteiger partial charge on any atom is 0.191 e. The lowest BCUT2D eigenvalue weighted by Crippen LogP contribution is -3.12. The number of nitrogens with zero attached hydrogens (tertiary/aromatic N) is 1. The zero-order valence-electron chi connectivity index (χ0n) is 12.2. The molecule has 1 aliphatic rings. The Kier molecular flexibility index (Phi) is 4.29. The van der Waals surface area contributed by atoms with Gasteiger partial charge in [-0.25, -0.2) is 0 Å². The highest BCUT2D eigenvalue weighted by atomic mass is 32.2. The van der Waals surface area contributed by atoms with Crippen LogP contribution in [0.1, 0.15) is 22.7 Å². The number of benzene rings is 2. The van der Waals surface area contributed by atoms with Crippen LogP contribution in [0.25, 0.3) is 0 Å². The van der Waals surface area contributed by atoms with E-state index in [4.69, 9.17) is 12.2 Å². The number of hydrogen-bond donors (Lipinski definition) is 1. The van der Waals surface area contributed by atoms with Crippen molar-refractivity contribution in [3.8, 4) is 0 Å². The summed E-state index contributed by atoms with van der Waals surface area (Å²) in [7, 11) is 4.35. The first kappa shape index (κ1) is 14.6. The lowest BCUT2D eigenvalue weighted by Gasteiger charge is -2.42. The molecule has 0 saturated carbocycles. The minimum Gasteiger partial charge on any atom is -0.307 e. The van der Waals surface area contributed by atoms with Gasteiger partial charge in [0.15, 0.2) is 11.5 Å². The fourth-order valence-corrected chi connectivity index (χ4v) is 4.39. The highest BCUT2D eigenvalue weighted by Gasteiger charge is 2.40. The van der Waals surface area contributed by atoms with E-state index in [0.717, 1.165) is 4.32 Å². The molecule has 2 aromatic carbocycles. The predicted molar refractivity (Wildman–Crippen MR) is 93.2 cm³/mol. The van der Waals surface area contributed by atoms with Crippen LogP contribution >= 0.6 is 24.0 Å². The number of rotatable bonds is 2. The van der Waals surface area contributed by atoms with E-state index in [1.54, 1.807) is 11.8 Å². The lowest BCUT2D eigenvalue weighted by atomic mass is 10.1. The summed E-state index contributed by atoms with van der Waals surface area (Å²) in [6.07, 6.45) is 0.255. The van der Waals surface area contributed by atoms with E-state index in [1.165, 1.54) is 16.0 Å². The summed E-state index contributed by atoms with van der Waals surface area (Å²) < 4.78 is 0.961. The van der Waals surface area contributed by atoms with E-state index >= 15 is 0 Å². The molecule has 2 aromatic rings. The molecule has 3 rings (SSSR count). The number of thiocarbonyl (C=S) groups is 1. The van der Waals surface area contributed by atoms with Crippen molar-refractivity contribution < 1.29 is 4.90 Å². The summed E-state index contributed by atoms with van der Waals surface area (Å²) in [5.74, 6) is 0. The molecule has 0 aromatic heterocycles. The van der Waals surface area contributed by atoms with Crippen LogP contribution in [0.3, 0.4) is 0 Å². The van der Waals surface area contributed by atoms with Crippen molar-refractivity contribution in [1.29, 1.82) is 0 Å². The Bertz CT molecular complexity index is 615. The van der Waals surface area contributed by atoms with Crippen LogP contribution in [0.2, 0.25) is 0 Å². The third-order valence-corrected chi connectivity index (χ3v) is 5.90. The molecule has 2 nitrogen and oxygen atoms in total. The van der Waals surface area contributed by atoms with Gasteiger partial charge in [0.05, 0.1) is 7.05 Å². The van der Waals surface area contributed by atoms with E-state index in [0.29, 0.717) is 5.37 Å². The summed E-state index contributed by atoms with van der Waals surface area (Å²) in [5.41, 5.74) is 2.64. The summed E-state index contributed by atoms with van der Waals surface area (Å²) in [6.45, 7) is 0. The molecule has 0 bridgehead atoms. The second kappa shape index (κ2) is 6.18. The Morgan fingerprint density at radius 3 is 2.05 bits per heavy atom. The van der Waals surface area contributed by atoms with Gasteiger partial charge >= 0.3 is 0 Å². The molecule has 21 heavy (non-hydrogen) atoms. The molecule has 1 unspecified atom stereocenters. The fourth-order valence-electron chi connectivity index (χ4n) is 2.91. The third-order valence-electron chi connectivity index (χ3n) is 3.96. The van der Waals surface area contributed by atoms with Gasteiger partial charge in [-0.2, -0.15) is 0 Å². The van der Waals surface area contributed by atoms with Gasteiger partial charge in [-0.05, 0) is 11.8 Å². The Hall–Kier alpha value is -1.36. The van der Waals surface area contributed by atoms with Gasteiger partial charge in [0.2, 0.25) is 0 Å². The molecule has 0 radical (unpaired) electrons. The normalized spacial score (nSPS) is 25.9. The molecule has 1 aliphatic heterocycles. The highest BCUT2D eigenvalue weighted by Crippen LogP contribution is 2.33. The van der Waals surface area contributed by atoms with Gasteiger partial charge in [-0.1, -0.05) is 72.9 Å². The van der Waals surface area contributed by atoms with E-state index in [2.05, 4.69) is 79.7 Å². The van der Waals surface area contributed by atoms with Crippen LogP contribution in [-0.4, -0.2) is 23.3 Å². The molecule has 0 spiro atoms. The SMILES string of the molecule is CN1C(=S)S[C@H](c2ccccc2)[NH+](C)[C@@H]1c1ccccc1. The highest BCUT2D eigenvalue weighted by molar-refractivity contribution is 8.22. The van der Waals surface area contributed by atoms with Crippen molar-refractivity contribution in [3.63, 3.8) is 0 Å². The maximum absolute atomic E-state index is 5.61. The quantitative estimate of drug-likeness (QED) is 0.853. The smallest absolute Gasteiger partial charge is 0.191 e. The van der Waals surface area contributed by atoms with Gasteiger partial charge < -0.3 is 4.90 Å². The Morgan fingerprint density at radius 2 is 1.48 bits per heavy atom. The molecule has 3 atom stereocenters.